The van der Waals surface area contributed by atoms with Gasteiger partial charge in [-0.2, -0.15) is 0 Å². The average Bonchev–Trinajstić information content (AvgIpc) is 2.73. The van der Waals surface area contributed by atoms with E-state index in [1.807, 2.05) is 31.2 Å². The second-order valence-corrected chi connectivity index (χ2v) is 5.65. The molecule has 108 valence electrons. The van der Waals surface area contributed by atoms with E-state index in [4.69, 9.17) is 0 Å². The fourth-order valence-corrected chi connectivity index (χ4v) is 2.57. The molecule has 0 spiro atoms. The van der Waals surface area contributed by atoms with Crippen molar-refractivity contribution in [1.29, 1.82) is 0 Å². The second kappa shape index (κ2) is 6.09. The Morgan fingerprint density at radius 2 is 2.05 bits per heavy atom. The SMILES string of the molecule is Cc1[nH]c2ccccc2c1C(=O)NC(CO)CC(C)C. The van der Waals surface area contributed by atoms with E-state index in [1.165, 1.54) is 0 Å². The summed E-state index contributed by atoms with van der Waals surface area (Å²) in [5.41, 5.74) is 2.48. The minimum atomic E-state index is -0.199. The molecule has 1 amide bonds. The molecule has 3 N–H and O–H groups in total. The fourth-order valence-electron chi connectivity index (χ4n) is 2.57. The third-order valence-corrected chi connectivity index (χ3v) is 3.43. The van der Waals surface area contributed by atoms with Crippen LogP contribution in [0.4, 0.5) is 0 Å². The van der Waals surface area contributed by atoms with Crippen LogP contribution in [0, 0.1) is 12.8 Å². The van der Waals surface area contributed by atoms with Crippen molar-refractivity contribution in [3.63, 3.8) is 0 Å². The lowest BCUT2D eigenvalue weighted by Crippen LogP contribution is -2.38. The third-order valence-electron chi connectivity index (χ3n) is 3.43. The second-order valence-electron chi connectivity index (χ2n) is 5.65. The molecule has 0 aliphatic heterocycles. The lowest BCUT2D eigenvalue weighted by molar-refractivity contribution is 0.0909. The molecule has 0 aliphatic rings. The van der Waals surface area contributed by atoms with Crippen LogP contribution < -0.4 is 5.32 Å². The van der Waals surface area contributed by atoms with Crippen LogP contribution in [0.15, 0.2) is 24.3 Å². The highest BCUT2D eigenvalue weighted by Gasteiger charge is 2.19. The number of fused-ring (bicyclic) bond motifs is 1. The maximum absolute atomic E-state index is 12.4. The monoisotopic (exact) mass is 274 g/mol. The Bertz CT molecular complexity index is 602. The van der Waals surface area contributed by atoms with Gasteiger partial charge in [0.15, 0.2) is 0 Å². The zero-order valence-electron chi connectivity index (χ0n) is 12.2. The van der Waals surface area contributed by atoms with Crippen molar-refractivity contribution in [2.75, 3.05) is 6.61 Å². The van der Waals surface area contributed by atoms with Gasteiger partial charge >= 0.3 is 0 Å². The average molecular weight is 274 g/mol. The molecule has 0 saturated carbocycles. The Labute approximate surface area is 119 Å². The Morgan fingerprint density at radius 1 is 1.35 bits per heavy atom. The summed E-state index contributed by atoms with van der Waals surface area (Å²) in [7, 11) is 0. The number of hydrogen-bond acceptors (Lipinski definition) is 2. The molecule has 0 fully saturated rings. The van der Waals surface area contributed by atoms with Gasteiger partial charge in [-0.1, -0.05) is 32.0 Å². The first-order chi connectivity index (χ1) is 9.52. The molecule has 2 rings (SSSR count). The van der Waals surface area contributed by atoms with Gasteiger partial charge in [-0.15, -0.1) is 0 Å². The number of para-hydroxylation sites is 1. The number of carbonyl (C=O) groups excluding carboxylic acids is 1. The van der Waals surface area contributed by atoms with E-state index >= 15 is 0 Å². The van der Waals surface area contributed by atoms with Crippen molar-refractivity contribution in [1.82, 2.24) is 10.3 Å². The van der Waals surface area contributed by atoms with Crippen molar-refractivity contribution in [3.05, 3.63) is 35.5 Å². The number of aromatic amines is 1. The number of aliphatic hydroxyl groups excluding tert-OH is 1. The molecule has 0 radical (unpaired) electrons. The molecular weight excluding hydrogens is 252 g/mol. The van der Waals surface area contributed by atoms with Gasteiger partial charge in [0, 0.05) is 16.6 Å². The number of aryl methyl sites for hydroxylation is 1. The molecule has 1 aromatic carbocycles. The van der Waals surface area contributed by atoms with Crippen LogP contribution in [0.3, 0.4) is 0 Å². The van der Waals surface area contributed by atoms with Gasteiger partial charge in [-0.25, -0.2) is 0 Å². The fraction of sp³-hybridized carbons (Fsp3) is 0.438. The number of hydrogen-bond donors (Lipinski definition) is 3. The first kappa shape index (κ1) is 14.6. The van der Waals surface area contributed by atoms with Crippen molar-refractivity contribution >= 4 is 16.8 Å². The number of aliphatic hydroxyl groups is 1. The molecule has 20 heavy (non-hydrogen) atoms. The molecule has 0 saturated heterocycles. The summed E-state index contributed by atoms with van der Waals surface area (Å²) in [4.78, 5) is 15.7. The summed E-state index contributed by atoms with van der Waals surface area (Å²) in [5, 5.41) is 13.2. The van der Waals surface area contributed by atoms with Crippen molar-refractivity contribution in [2.24, 2.45) is 5.92 Å². The Hall–Kier alpha value is -1.81. The van der Waals surface area contributed by atoms with Gasteiger partial charge in [0.1, 0.15) is 0 Å². The van der Waals surface area contributed by atoms with Gasteiger partial charge in [-0.05, 0) is 25.3 Å². The molecule has 1 aromatic heterocycles. The minimum absolute atomic E-state index is 0.0364. The van der Waals surface area contributed by atoms with Crippen LogP contribution in [-0.2, 0) is 0 Å². The topological polar surface area (TPSA) is 65.1 Å². The van der Waals surface area contributed by atoms with E-state index in [2.05, 4.69) is 24.1 Å². The van der Waals surface area contributed by atoms with E-state index in [9.17, 15) is 9.90 Å². The maximum atomic E-state index is 12.4. The summed E-state index contributed by atoms with van der Waals surface area (Å²) in [5.74, 6) is 0.302. The highest BCUT2D eigenvalue weighted by atomic mass is 16.3. The summed E-state index contributed by atoms with van der Waals surface area (Å²) < 4.78 is 0. The minimum Gasteiger partial charge on any atom is -0.394 e. The smallest absolute Gasteiger partial charge is 0.254 e. The molecule has 1 heterocycles. The van der Waals surface area contributed by atoms with Crippen LogP contribution in [0.1, 0.15) is 36.3 Å². The molecule has 1 atom stereocenters. The number of nitrogens with one attached hydrogen (secondary N) is 2. The van der Waals surface area contributed by atoms with Crippen molar-refractivity contribution in [2.45, 2.75) is 33.2 Å². The largest absolute Gasteiger partial charge is 0.394 e. The van der Waals surface area contributed by atoms with Crippen LogP contribution >= 0.6 is 0 Å². The standard InChI is InChI=1S/C16H22N2O2/c1-10(2)8-12(9-19)18-16(20)15-11(3)17-14-7-5-4-6-13(14)15/h4-7,10,12,17,19H,8-9H2,1-3H3,(H,18,20). The van der Waals surface area contributed by atoms with Crippen LogP contribution in [-0.4, -0.2) is 28.6 Å². The van der Waals surface area contributed by atoms with Crippen LogP contribution in [0.25, 0.3) is 10.9 Å². The molecule has 4 nitrogen and oxygen atoms in total. The number of benzene rings is 1. The summed E-state index contributed by atoms with van der Waals surface area (Å²) in [6.07, 6.45) is 0.768. The number of rotatable bonds is 5. The third kappa shape index (κ3) is 3.02. The normalized spacial score (nSPS) is 12.8. The first-order valence-corrected chi connectivity index (χ1v) is 7.02. The molecule has 2 aromatic rings. The van der Waals surface area contributed by atoms with Gasteiger partial charge in [-0.3, -0.25) is 4.79 Å². The Kier molecular flexibility index (Phi) is 4.45. The zero-order valence-corrected chi connectivity index (χ0v) is 12.2. The van der Waals surface area contributed by atoms with E-state index in [-0.39, 0.29) is 18.6 Å². The lowest BCUT2D eigenvalue weighted by atomic mass is 10.0. The van der Waals surface area contributed by atoms with Gasteiger partial charge in [0.25, 0.3) is 5.91 Å². The van der Waals surface area contributed by atoms with Gasteiger partial charge < -0.3 is 15.4 Å². The van der Waals surface area contributed by atoms with Crippen molar-refractivity contribution < 1.29 is 9.90 Å². The van der Waals surface area contributed by atoms with Gasteiger partial charge in [0.2, 0.25) is 0 Å². The molecule has 0 bridgehead atoms. The molecule has 1 unspecified atom stereocenters. The maximum Gasteiger partial charge on any atom is 0.254 e. The van der Waals surface area contributed by atoms with Crippen LogP contribution in [0.2, 0.25) is 0 Å². The predicted molar refractivity (Wildman–Crippen MR) is 80.8 cm³/mol. The quantitative estimate of drug-likeness (QED) is 0.784. The zero-order chi connectivity index (χ0) is 14.7. The van der Waals surface area contributed by atoms with E-state index in [0.717, 1.165) is 23.0 Å². The number of amides is 1. The number of H-pyrrole nitrogens is 1. The molecular formula is C16H22N2O2. The van der Waals surface area contributed by atoms with E-state index in [1.54, 1.807) is 0 Å². The predicted octanol–water partition coefficient (Wildman–Crippen LogP) is 2.61. The highest BCUT2D eigenvalue weighted by molar-refractivity contribution is 6.08. The summed E-state index contributed by atoms with van der Waals surface area (Å²) in [6, 6.07) is 7.55. The molecule has 4 heteroatoms. The summed E-state index contributed by atoms with van der Waals surface area (Å²) in [6.45, 7) is 6.01. The summed E-state index contributed by atoms with van der Waals surface area (Å²) >= 11 is 0. The Morgan fingerprint density at radius 3 is 2.70 bits per heavy atom. The molecule has 0 aliphatic carbocycles. The van der Waals surface area contributed by atoms with E-state index < -0.39 is 0 Å². The lowest BCUT2D eigenvalue weighted by Gasteiger charge is -2.18. The van der Waals surface area contributed by atoms with Crippen molar-refractivity contribution in [3.8, 4) is 0 Å². The number of carbonyl (C=O) groups is 1. The Balaban J connectivity index is 2.25. The van der Waals surface area contributed by atoms with Crippen LogP contribution in [0.5, 0.6) is 0 Å². The van der Waals surface area contributed by atoms with E-state index in [0.29, 0.717) is 11.5 Å². The van der Waals surface area contributed by atoms with Gasteiger partial charge in [0.05, 0.1) is 18.2 Å². The first-order valence-electron chi connectivity index (χ1n) is 7.02. The number of aromatic nitrogens is 1. The highest BCUT2D eigenvalue weighted by Crippen LogP contribution is 2.22.